The van der Waals surface area contributed by atoms with Crippen LogP contribution in [0.4, 0.5) is 11.6 Å². The SMILES string of the molecule is Cn1c(NCc2cccc(Cl)c2)nc2cc(N)ccc21. The van der Waals surface area contributed by atoms with E-state index in [4.69, 9.17) is 17.3 Å². The minimum atomic E-state index is 0.674. The molecule has 5 heteroatoms. The van der Waals surface area contributed by atoms with Gasteiger partial charge in [-0.25, -0.2) is 4.98 Å². The number of aryl methyl sites for hydroxylation is 1. The van der Waals surface area contributed by atoms with Gasteiger partial charge in [0.05, 0.1) is 11.0 Å². The Morgan fingerprint density at radius 1 is 1.25 bits per heavy atom. The lowest BCUT2D eigenvalue weighted by Crippen LogP contribution is -2.04. The molecule has 0 bridgehead atoms. The van der Waals surface area contributed by atoms with Gasteiger partial charge in [0.25, 0.3) is 0 Å². The fraction of sp³-hybridized carbons (Fsp3) is 0.133. The Balaban J connectivity index is 1.86. The summed E-state index contributed by atoms with van der Waals surface area (Å²) >= 11 is 5.98. The zero-order valence-corrected chi connectivity index (χ0v) is 11.9. The molecule has 0 saturated heterocycles. The summed E-state index contributed by atoms with van der Waals surface area (Å²) in [5.74, 6) is 0.811. The summed E-state index contributed by atoms with van der Waals surface area (Å²) in [5, 5.41) is 4.06. The van der Waals surface area contributed by atoms with Crippen molar-refractivity contribution in [1.29, 1.82) is 0 Å². The number of nitrogens with one attached hydrogen (secondary N) is 1. The number of fused-ring (bicyclic) bond motifs is 1. The molecule has 0 radical (unpaired) electrons. The molecule has 0 atom stereocenters. The van der Waals surface area contributed by atoms with Gasteiger partial charge < -0.3 is 15.6 Å². The highest BCUT2D eigenvalue weighted by Crippen LogP contribution is 2.21. The van der Waals surface area contributed by atoms with Crippen molar-refractivity contribution >= 4 is 34.3 Å². The summed E-state index contributed by atoms with van der Waals surface area (Å²) in [4.78, 5) is 4.55. The van der Waals surface area contributed by atoms with Crippen LogP contribution in [0.15, 0.2) is 42.5 Å². The van der Waals surface area contributed by atoms with Crippen molar-refractivity contribution < 1.29 is 0 Å². The first-order chi connectivity index (χ1) is 9.63. The minimum Gasteiger partial charge on any atom is -0.399 e. The van der Waals surface area contributed by atoms with Crippen LogP contribution in [0.3, 0.4) is 0 Å². The summed E-state index contributed by atoms with van der Waals surface area (Å²) in [7, 11) is 1.98. The lowest BCUT2D eigenvalue weighted by Gasteiger charge is -2.06. The highest BCUT2D eigenvalue weighted by molar-refractivity contribution is 6.30. The maximum absolute atomic E-state index is 5.98. The number of hydrogen-bond donors (Lipinski definition) is 2. The highest BCUT2D eigenvalue weighted by atomic mass is 35.5. The van der Waals surface area contributed by atoms with E-state index in [1.807, 2.05) is 54.1 Å². The van der Waals surface area contributed by atoms with Gasteiger partial charge in [0.2, 0.25) is 5.95 Å². The molecule has 0 aliphatic heterocycles. The second kappa shape index (κ2) is 5.06. The van der Waals surface area contributed by atoms with Gasteiger partial charge in [-0.2, -0.15) is 0 Å². The molecule has 4 nitrogen and oxygen atoms in total. The van der Waals surface area contributed by atoms with Gasteiger partial charge in [-0.15, -0.1) is 0 Å². The number of benzene rings is 2. The third-order valence-corrected chi connectivity index (χ3v) is 3.48. The molecule has 3 rings (SSSR count). The van der Waals surface area contributed by atoms with Crippen molar-refractivity contribution in [3.63, 3.8) is 0 Å². The van der Waals surface area contributed by atoms with Crippen molar-refractivity contribution in [3.8, 4) is 0 Å². The molecule has 0 saturated carbocycles. The van der Waals surface area contributed by atoms with Crippen molar-refractivity contribution in [3.05, 3.63) is 53.1 Å². The Hall–Kier alpha value is -2.20. The van der Waals surface area contributed by atoms with Crippen molar-refractivity contribution in [2.75, 3.05) is 11.1 Å². The number of nitrogens with two attached hydrogens (primary N) is 1. The van der Waals surface area contributed by atoms with Crippen LogP contribution < -0.4 is 11.1 Å². The summed E-state index contributed by atoms with van der Waals surface area (Å²) in [5.41, 5.74) is 9.55. The first-order valence-electron chi connectivity index (χ1n) is 6.34. The Morgan fingerprint density at radius 3 is 2.90 bits per heavy atom. The van der Waals surface area contributed by atoms with Crippen LogP contribution in [-0.4, -0.2) is 9.55 Å². The van der Waals surface area contributed by atoms with Crippen molar-refractivity contribution in [1.82, 2.24) is 9.55 Å². The monoisotopic (exact) mass is 286 g/mol. The van der Waals surface area contributed by atoms with Gasteiger partial charge in [-0.3, -0.25) is 0 Å². The van der Waals surface area contributed by atoms with Crippen LogP contribution in [0.2, 0.25) is 5.02 Å². The fourth-order valence-electron chi connectivity index (χ4n) is 2.20. The molecular weight excluding hydrogens is 272 g/mol. The Kier molecular flexibility index (Phi) is 3.24. The molecule has 20 heavy (non-hydrogen) atoms. The zero-order valence-electron chi connectivity index (χ0n) is 11.1. The number of rotatable bonds is 3. The van der Waals surface area contributed by atoms with Crippen LogP contribution in [-0.2, 0) is 13.6 Å². The number of imidazole rings is 1. The Bertz CT molecular complexity index is 764. The minimum absolute atomic E-state index is 0.674. The Labute approximate surface area is 122 Å². The quantitative estimate of drug-likeness (QED) is 0.725. The van der Waals surface area contributed by atoms with Crippen molar-refractivity contribution in [2.24, 2.45) is 7.05 Å². The molecule has 1 heterocycles. The summed E-state index contributed by atoms with van der Waals surface area (Å²) in [6, 6.07) is 13.5. The number of aromatic nitrogens is 2. The molecule has 102 valence electrons. The van der Waals surface area contributed by atoms with Gasteiger partial charge in [-0.05, 0) is 35.9 Å². The molecule has 0 fully saturated rings. The summed E-state index contributed by atoms with van der Waals surface area (Å²) in [6.45, 7) is 0.674. The maximum atomic E-state index is 5.98. The first kappa shape index (κ1) is 12.8. The molecule has 3 N–H and O–H groups in total. The van der Waals surface area contributed by atoms with Crippen LogP contribution in [0.1, 0.15) is 5.56 Å². The second-order valence-corrected chi connectivity index (χ2v) is 5.16. The summed E-state index contributed by atoms with van der Waals surface area (Å²) < 4.78 is 2.01. The summed E-state index contributed by atoms with van der Waals surface area (Å²) in [6.07, 6.45) is 0. The number of halogens is 1. The van der Waals surface area contributed by atoms with E-state index in [1.165, 1.54) is 0 Å². The lowest BCUT2D eigenvalue weighted by molar-refractivity contribution is 0.927. The van der Waals surface area contributed by atoms with E-state index < -0.39 is 0 Å². The molecule has 1 aromatic heterocycles. The maximum Gasteiger partial charge on any atom is 0.203 e. The zero-order chi connectivity index (χ0) is 14.1. The van der Waals surface area contributed by atoms with Gasteiger partial charge in [0.1, 0.15) is 0 Å². The van der Waals surface area contributed by atoms with Crippen LogP contribution in [0, 0.1) is 0 Å². The number of nitrogens with zero attached hydrogens (tertiary/aromatic N) is 2. The van der Waals surface area contributed by atoms with Crippen LogP contribution in [0.5, 0.6) is 0 Å². The fourth-order valence-corrected chi connectivity index (χ4v) is 2.42. The largest absolute Gasteiger partial charge is 0.399 e. The third kappa shape index (κ3) is 2.42. The first-order valence-corrected chi connectivity index (χ1v) is 6.71. The molecule has 0 spiro atoms. The predicted molar refractivity (Wildman–Crippen MR) is 83.9 cm³/mol. The van der Waals surface area contributed by atoms with Crippen LogP contribution in [0.25, 0.3) is 11.0 Å². The predicted octanol–water partition coefficient (Wildman–Crippen LogP) is 3.42. The Morgan fingerprint density at radius 2 is 2.10 bits per heavy atom. The number of hydrogen-bond acceptors (Lipinski definition) is 3. The third-order valence-electron chi connectivity index (χ3n) is 3.24. The van der Waals surface area contributed by atoms with E-state index in [1.54, 1.807) is 0 Å². The molecular formula is C15H15ClN4. The van der Waals surface area contributed by atoms with Crippen molar-refractivity contribution in [2.45, 2.75) is 6.54 Å². The van der Waals surface area contributed by atoms with Gasteiger partial charge in [0, 0.05) is 24.3 Å². The van der Waals surface area contributed by atoms with E-state index in [9.17, 15) is 0 Å². The second-order valence-electron chi connectivity index (χ2n) is 4.73. The van der Waals surface area contributed by atoms with E-state index in [0.717, 1.165) is 33.3 Å². The molecule has 0 amide bonds. The molecule has 3 aromatic rings. The number of nitrogen functional groups attached to an aromatic ring is 1. The highest BCUT2D eigenvalue weighted by Gasteiger charge is 2.07. The normalized spacial score (nSPS) is 10.9. The standard InChI is InChI=1S/C15H15ClN4/c1-20-14-6-5-12(17)8-13(14)19-15(20)18-9-10-3-2-4-11(16)7-10/h2-8H,9,17H2,1H3,(H,18,19). The molecule has 0 unspecified atom stereocenters. The molecule has 0 aliphatic rings. The van der Waals surface area contributed by atoms with Crippen LogP contribution >= 0.6 is 11.6 Å². The van der Waals surface area contributed by atoms with E-state index in [-0.39, 0.29) is 0 Å². The topological polar surface area (TPSA) is 55.9 Å². The van der Waals surface area contributed by atoms with E-state index >= 15 is 0 Å². The van der Waals surface area contributed by atoms with Gasteiger partial charge in [0.15, 0.2) is 0 Å². The van der Waals surface area contributed by atoms with Gasteiger partial charge >= 0.3 is 0 Å². The lowest BCUT2D eigenvalue weighted by atomic mass is 10.2. The average Bonchev–Trinajstić information content (AvgIpc) is 2.72. The average molecular weight is 287 g/mol. The molecule has 0 aliphatic carbocycles. The number of anilines is 2. The van der Waals surface area contributed by atoms with Gasteiger partial charge in [-0.1, -0.05) is 23.7 Å². The molecule has 2 aromatic carbocycles. The van der Waals surface area contributed by atoms with E-state index in [0.29, 0.717) is 6.54 Å². The van der Waals surface area contributed by atoms with E-state index in [2.05, 4.69) is 10.3 Å². The smallest absolute Gasteiger partial charge is 0.203 e.